The highest BCUT2D eigenvalue weighted by Crippen LogP contribution is 2.69. The maximum atomic E-state index is 12.1. The van der Waals surface area contributed by atoms with E-state index in [1.165, 1.54) is 64.5 Å². The quantitative estimate of drug-likeness (QED) is 0.324. The summed E-state index contributed by atoms with van der Waals surface area (Å²) in [7, 11) is 2.63. The van der Waals surface area contributed by atoms with Gasteiger partial charge >= 0.3 is 11.9 Å². The van der Waals surface area contributed by atoms with E-state index in [1.807, 2.05) is 23.5 Å². The van der Waals surface area contributed by atoms with E-state index in [0.717, 1.165) is 8.47 Å². The average molecular weight is 551 g/mol. The minimum absolute atomic E-state index is 0.295. The van der Waals surface area contributed by atoms with Crippen LogP contribution in [0.4, 0.5) is 0 Å². The molecule has 0 unspecified atom stereocenters. The van der Waals surface area contributed by atoms with Gasteiger partial charge in [-0.25, -0.2) is 9.59 Å². The fraction of sp³-hybridized carbons (Fsp3) is 0.222. The van der Waals surface area contributed by atoms with Crippen molar-refractivity contribution in [2.75, 3.05) is 14.2 Å². The Bertz CT molecular complexity index is 963. The van der Waals surface area contributed by atoms with Crippen molar-refractivity contribution in [2.24, 2.45) is 0 Å². The van der Waals surface area contributed by atoms with Crippen LogP contribution in [-0.4, -0.2) is 26.2 Å². The number of methoxy groups -OCH3 is 2. The molecule has 4 nitrogen and oxygen atoms in total. The number of rotatable bonds is 3. The van der Waals surface area contributed by atoms with Gasteiger partial charge in [-0.1, -0.05) is 94.1 Å². The summed E-state index contributed by atoms with van der Waals surface area (Å²) >= 11 is 13.2. The van der Waals surface area contributed by atoms with Gasteiger partial charge in [-0.3, -0.25) is 0 Å². The van der Waals surface area contributed by atoms with Crippen LogP contribution in [0.3, 0.4) is 0 Å². The topological polar surface area (TPSA) is 52.6 Å². The number of esters is 2. The monoisotopic (exact) mass is 550 g/mol. The molecular formula is C18H14O4S8. The first kappa shape index (κ1) is 23.3. The molecule has 0 aromatic rings. The van der Waals surface area contributed by atoms with Crippen molar-refractivity contribution in [1.29, 1.82) is 0 Å². The lowest BCUT2D eigenvalue weighted by Gasteiger charge is -2.05. The molecule has 0 N–H and O–H groups in total. The Kier molecular flexibility index (Phi) is 7.77. The molecule has 158 valence electrons. The Hall–Kier alpha value is 0.180. The van der Waals surface area contributed by atoms with Gasteiger partial charge in [-0.2, -0.15) is 0 Å². The molecule has 0 aliphatic carbocycles. The number of allylic oxidation sites excluding steroid dienone is 4. The van der Waals surface area contributed by atoms with E-state index in [4.69, 9.17) is 9.47 Å². The molecule has 0 bridgehead atoms. The Morgan fingerprint density at radius 2 is 0.967 bits per heavy atom. The molecule has 0 saturated carbocycles. The van der Waals surface area contributed by atoms with E-state index in [1.54, 1.807) is 47.0 Å². The second-order valence-electron chi connectivity index (χ2n) is 5.69. The summed E-state index contributed by atoms with van der Waals surface area (Å²) in [5.74, 6) is -1.02. The standard InChI is InChI=1S/C18H14O4S8/c1-7-8(2)24-9(23-7)5-6-10-25-15-16(26-10)30-18(29-15)17-27-11(13(19)21-3)12(28-17)14(20)22-4/h5-6H,1-4H3. The van der Waals surface area contributed by atoms with E-state index >= 15 is 0 Å². The predicted octanol–water partition coefficient (Wildman–Crippen LogP) is 7.65. The van der Waals surface area contributed by atoms with Gasteiger partial charge in [0.2, 0.25) is 0 Å². The van der Waals surface area contributed by atoms with Crippen molar-refractivity contribution >= 4 is 106 Å². The molecule has 12 heteroatoms. The van der Waals surface area contributed by atoms with Gasteiger partial charge in [-0.05, 0) is 35.8 Å². The zero-order valence-corrected chi connectivity index (χ0v) is 22.6. The van der Waals surface area contributed by atoms with Crippen molar-refractivity contribution in [1.82, 2.24) is 0 Å². The van der Waals surface area contributed by atoms with Crippen molar-refractivity contribution in [2.45, 2.75) is 13.8 Å². The van der Waals surface area contributed by atoms with Crippen LogP contribution in [-0.2, 0) is 19.1 Å². The van der Waals surface area contributed by atoms with Crippen molar-refractivity contribution in [3.63, 3.8) is 0 Å². The summed E-state index contributed by atoms with van der Waals surface area (Å²) in [6.07, 6.45) is 4.38. The Morgan fingerprint density at radius 3 is 1.40 bits per heavy atom. The summed E-state index contributed by atoms with van der Waals surface area (Å²) in [4.78, 5) is 27.5. The minimum Gasteiger partial charge on any atom is -0.465 e. The van der Waals surface area contributed by atoms with Crippen LogP contribution in [0, 0.1) is 0 Å². The van der Waals surface area contributed by atoms with Crippen LogP contribution in [0.1, 0.15) is 13.8 Å². The molecule has 30 heavy (non-hydrogen) atoms. The number of carbonyl (C=O) groups is 2. The summed E-state index contributed by atoms with van der Waals surface area (Å²) < 4.78 is 16.7. The van der Waals surface area contributed by atoms with Crippen molar-refractivity contribution in [3.8, 4) is 0 Å². The van der Waals surface area contributed by atoms with Crippen LogP contribution in [0.5, 0.6) is 0 Å². The maximum absolute atomic E-state index is 12.1. The first-order valence-electron chi connectivity index (χ1n) is 8.31. The van der Waals surface area contributed by atoms with Crippen molar-refractivity contribution in [3.05, 3.63) is 57.2 Å². The smallest absolute Gasteiger partial charge is 0.346 e. The van der Waals surface area contributed by atoms with E-state index in [9.17, 15) is 9.59 Å². The van der Waals surface area contributed by atoms with Crippen LogP contribution in [0.15, 0.2) is 57.2 Å². The number of ether oxygens (including phenoxy) is 2. The van der Waals surface area contributed by atoms with E-state index in [2.05, 4.69) is 26.0 Å². The molecule has 0 aromatic heterocycles. The van der Waals surface area contributed by atoms with E-state index in [0.29, 0.717) is 9.81 Å². The third kappa shape index (κ3) is 4.90. The average Bonchev–Trinajstić information content (AvgIpc) is 3.47. The predicted molar refractivity (Wildman–Crippen MR) is 140 cm³/mol. The molecule has 0 atom stereocenters. The van der Waals surface area contributed by atoms with Gasteiger partial charge in [-0.15, -0.1) is 0 Å². The Labute approximate surface area is 208 Å². The molecule has 0 spiro atoms. The zero-order chi connectivity index (χ0) is 21.4. The van der Waals surface area contributed by atoms with Crippen LogP contribution in [0.2, 0.25) is 0 Å². The van der Waals surface area contributed by atoms with Crippen molar-refractivity contribution < 1.29 is 19.1 Å². The lowest BCUT2D eigenvalue weighted by Crippen LogP contribution is -2.08. The summed E-state index contributed by atoms with van der Waals surface area (Å²) in [5, 5.41) is 0. The maximum Gasteiger partial charge on any atom is 0.346 e. The van der Waals surface area contributed by atoms with Gasteiger partial charge in [0, 0.05) is 4.24 Å². The molecule has 0 amide bonds. The number of hydrogen-bond acceptors (Lipinski definition) is 12. The molecule has 0 radical (unpaired) electrons. The lowest BCUT2D eigenvalue weighted by molar-refractivity contribution is -0.138. The second-order valence-corrected chi connectivity index (χ2v) is 15.9. The fourth-order valence-electron chi connectivity index (χ4n) is 2.26. The molecule has 0 fully saturated rings. The SMILES string of the molecule is COC(=O)C1=C(C(=O)OC)SC(=C2SC3=C(SC(=CC=C4SC(C)=C(C)S4)S3)S2)S1. The fourth-order valence-corrected chi connectivity index (χ4v) is 13.5. The normalized spacial score (nSPS) is 21.2. The van der Waals surface area contributed by atoms with Crippen LogP contribution < -0.4 is 0 Å². The molecule has 4 rings (SSSR count). The van der Waals surface area contributed by atoms with E-state index < -0.39 is 11.9 Å². The van der Waals surface area contributed by atoms with Gasteiger partial charge in [0.05, 0.1) is 35.4 Å². The van der Waals surface area contributed by atoms with E-state index in [-0.39, 0.29) is 0 Å². The first-order chi connectivity index (χ1) is 14.4. The number of hydrogen-bond donors (Lipinski definition) is 0. The van der Waals surface area contributed by atoms with Gasteiger partial charge in [0.25, 0.3) is 0 Å². The third-order valence-electron chi connectivity index (χ3n) is 3.79. The zero-order valence-electron chi connectivity index (χ0n) is 16.1. The summed E-state index contributed by atoms with van der Waals surface area (Å²) in [6.45, 7) is 4.31. The molecular weight excluding hydrogens is 537 g/mol. The number of thioether (sulfide) groups is 8. The third-order valence-corrected chi connectivity index (χ3v) is 14.9. The molecule has 4 aliphatic heterocycles. The van der Waals surface area contributed by atoms with Crippen LogP contribution in [0.25, 0.3) is 0 Å². The molecule has 4 heterocycles. The number of carbonyl (C=O) groups excluding carboxylic acids is 2. The molecule has 4 aliphatic rings. The highest BCUT2D eigenvalue weighted by atomic mass is 32.3. The highest BCUT2D eigenvalue weighted by molar-refractivity contribution is 8.49. The molecule has 0 saturated heterocycles. The Morgan fingerprint density at radius 1 is 0.600 bits per heavy atom. The summed E-state index contributed by atoms with van der Waals surface area (Å²) in [5.41, 5.74) is 0. The highest BCUT2D eigenvalue weighted by Gasteiger charge is 2.38. The minimum atomic E-state index is -0.512. The second kappa shape index (κ2) is 9.98. The van der Waals surface area contributed by atoms with Crippen LogP contribution >= 0.6 is 94.1 Å². The Balaban J connectivity index is 1.42. The van der Waals surface area contributed by atoms with Gasteiger partial charge < -0.3 is 9.47 Å². The lowest BCUT2D eigenvalue weighted by atomic mass is 10.5. The van der Waals surface area contributed by atoms with Gasteiger partial charge in [0.1, 0.15) is 9.81 Å². The largest absolute Gasteiger partial charge is 0.465 e. The summed E-state index contributed by atoms with van der Waals surface area (Å²) in [6, 6.07) is 0. The molecule has 0 aromatic carbocycles. The van der Waals surface area contributed by atoms with Gasteiger partial charge in [0.15, 0.2) is 0 Å². The first-order valence-corrected chi connectivity index (χ1v) is 14.8.